The lowest BCUT2D eigenvalue weighted by Crippen LogP contribution is -2.32. The minimum Gasteiger partial charge on any atom is -0.497 e. The zero-order valence-corrected chi connectivity index (χ0v) is 13.8. The van der Waals surface area contributed by atoms with E-state index in [4.69, 9.17) is 21.1 Å². The van der Waals surface area contributed by atoms with E-state index in [1.54, 1.807) is 19.2 Å². The summed E-state index contributed by atoms with van der Waals surface area (Å²) in [7, 11) is 1.62. The highest BCUT2D eigenvalue weighted by atomic mass is 35.5. The molecule has 2 aromatic carbocycles. The summed E-state index contributed by atoms with van der Waals surface area (Å²) in [5.41, 5.74) is 2.69. The Kier molecular flexibility index (Phi) is 4.44. The van der Waals surface area contributed by atoms with E-state index in [0.29, 0.717) is 18.1 Å². The number of ether oxygens (including phenoxy) is 2. The summed E-state index contributed by atoms with van der Waals surface area (Å²) in [6.07, 6.45) is 0.623. The molecule has 0 saturated carbocycles. The number of carbonyl (C=O) groups is 1. The first-order valence-electron chi connectivity index (χ1n) is 7.43. The number of methoxy groups -OCH3 is 1. The van der Waals surface area contributed by atoms with Gasteiger partial charge in [-0.3, -0.25) is 4.79 Å². The molecule has 23 heavy (non-hydrogen) atoms. The number of carbonyl (C=O) groups excluding carboxylic acids is 1. The third kappa shape index (κ3) is 3.42. The summed E-state index contributed by atoms with van der Waals surface area (Å²) in [4.78, 5) is 12.5. The van der Waals surface area contributed by atoms with E-state index in [2.05, 4.69) is 5.32 Å². The molecule has 0 saturated heterocycles. The third-order valence-electron chi connectivity index (χ3n) is 4.00. The maximum atomic E-state index is 12.5. The minimum absolute atomic E-state index is 0.0659. The monoisotopic (exact) mass is 331 g/mol. The topological polar surface area (TPSA) is 47.6 Å². The van der Waals surface area contributed by atoms with E-state index in [9.17, 15) is 4.79 Å². The van der Waals surface area contributed by atoms with Crippen molar-refractivity contribution >= 4 is 23.2 Å². The number of aryl methyl sites for hydroxylation is 1. The molecule has 1 N–H and O–H groups in total. The number of hydrogen-bond acceptors (Lipinski definition) is 3. The molecular formula is C18H18ClNO3. The molecule has 0 aliphatic carbocycles. The van der Waals surface area contributed by atoms with Gasteiger partial charge in [0.25, 0.3) is 0 Å². The lowest BCUT2D eigenvalue weighted by molar-refractivity contribution is -0.121. The van der Waals surface area contributed by atoms with Crippen LogP contribution in [0.3, 0.4) is 0 Å². The average Bonchev–Trinajstić information content (AvgIpc) is 2.57. The zero-order chi connectivity index (χ0) is 16.4. The molecule has 0 unspecified atom stereocenters. The smallest absolute Gasteiger partial charge is 0.231 e. The second kappa shape index (κ2) is 6.50. The van der Waals surface area contributed by atoms with Gasteiger partial charge in [0, 0.05) is 10.7 Å². The van der Waals surface area contributed by atoms with Crippen molar-refractivity contribution in [2.24, 2.45) is 5.92 Å². The van der Waals surface area contributed by atoms with Gasteiger partial charge in [-0.05, 0) is 54.8 Å². The Labute approximate surface area is 140 Å². The Balaban J connectivity index is 1.75. The summed E-state index contributed by atoms with van der Waals surface area (Å²) in [5.74, 6) is 1.27. The fourth-order valence-electron chi connectivity index (χ4n) is 2.63. The van der Waals surface area contributed by atoms with Crippen molar-refractivity contribution in [3.63, 3.8) is 0 Å². The molecular weight excluding hydrogens is 314 g/mol. The lowest BCUT2D eigenvalue weighted by Gasteiger charge is -2.25. The Bertz CT molecular complexity index is 745. The van der Waals surface area contributed by atoms with Crippen molar-refractivity contribution in [3.05, 3.63) is 52.5 Å². The van der Waals surface area contributed by atoms with E-state index in [0.717, 1.165) is 28.3 Å². The van der Waals surface area contributed by atoms with E-state index >= 15 is 0 Å². The number of halogens is 1. The maximum absolute atomic E-state index is 12.5. The van der Waals surface area contributed by atoms with Gasteiger partial charge in [0.05, 0.1) is 13.0 Å². The molecule has 2 aromatic rings. The van der Waals surface area contributed by atoms with Crippen LogP contribution in [0, 0.1) is 12.8 Å². The van der Waals surface area contributed by atoms with Gasteiger partial charge < -0.3 is 14.8 Å². The van der Waals surface area contributed by atoms with E-state index < -0.39 is 0 Å². The summed E-state index contributed by atoms with van der Waals surface area (Å²) in [6.45, 7) is 2.30. The number of anilines is 1. The van der Waals surface area contributed by atoms with Crippen molar-refractivity contribution in [1.82, 2.24) is 0 Å². The van der Waals surface area contributed by atoms with E-state index in [-0.39, 0.29) is 11.8 Å². The summed E-state index contributed by atoms with van der Waals surface area (Å²) in [6, 6.07) is 11.1. The Morgan fingerprint density at radius 2 is 2.13 bits per heavy atom. The zero-order valence-electron chi connectivity index (χ0n) is 13.1. The Morgan fingerprint density at radius 3 is 2.91 bits per heavy atom. The van der Waals surface area contributed by atoms with Crippen LogP contribution in [0.15, 0.2) is 36.4 Å². The highest BCUT2D eigenvalue weighted by Gasteiger charge is 2.26. The largest absolute Gasteiger partial charge is 0.497 e. The fourth-order valence-corrected chi connectivity index (χ4v) is 2.80. The standard InChI is InChI=1S/C18H18ClNO3/c1-11-3-4-14(19)9-16(11)20-18(21)13-7-12-8-15(22-2)5-6-17(12)23-10-13/h3-6,8-9,13H,7,10H2,1-2H3,(H,20,21)/t13-/m0/s1. The first-order valence-corrected chi connectivity index (χ1v) is 7.81. The van der Waals surface area contributed by atoms with Crippen LogP contribution in [-0.4, -0.2) is 19.6 Å². The first kappa shape index (κ1) is 15.7. The fraction of sp³-hybridized carbons (Fsp3) is 0.278. The van der Waals surface area contributed by atoms with Gasteiger partial charge in [0.2, 0.25) is 5.91 Å². The summed E-state index contributed by atoms with van der Waals surface area (Å²) >= 11 is 6.00. The molecule has 0 bridgehead atoms. The van der Waals surface area contributed by atoms with Crippen LogP contribution < -0.4 is 14.8 Å². The van der Waals surface area contributed by atoms with Crippen LogP contribution in [0.5, 0.6) is 11.5 Å². The molecule has 1 amide bonds. The average molecular weight is 332 g/mol. The molecule has 0 radical (unpaired) electrons. The maximum Gasteiger partial charge on any atom is 0.231 e. The van der Waals surface area contributed by atoms with Crippen LogP contribution in [0.2, 0.25) is 5.02 Å². The number of rotatable bonds is 3. The molecule has 120 valence electrons. The van der Waals surface area contributed by atoms with Crippen LogP contribution in [0.4, 0.5) is 5.69 Å². The minimum atomic E-state index is -0.243. The highest BCUT2D eigenvalue weighted by Crippen LogP contribution is 2.31. The second-order valence-corrected chi connectivity index (χ2v) is 6.07. The Hall–Kier alpha value is -2.20. The molecule has 1 aliphatic heterocycles. The summed E-state index contributed by atoms with van der Waals surface area (Å²) in [5, 5.41) is 3.54. The van der Waals surface area contributed by atoms with Gasteiger partial charge in [-0.15, -0.1) is 0 Å². The number of fused-ring (bicyclic) bond motifs is 1. The van der Waals surface area contributed by atoms with Crippen LogP contribution in [0.25, 0.3) is 0 Å². The molecule has 3 rings (SSSR count). The van der Waals surface area contributed by atoms with E-state index in [1.165, 1.54) is 0 Å². The lowest BCUT2D eigenvalue weighted by atomic mass is 9.95. The number of benzene rings is 2. The van der Waals surface area contributed by atoms with Crippen molar-refractivity contribution in [3.8, 4) is 11.5 Å². The third-order valence-corrected chi connectivity index (χ3v) is 4.24. The first-order chi connectivity index (χ1) is 11.1. The predicted octanol–water partition coefficient (Wildman–Crippen LogP) is 3.85. The second-order valence-electron chi connectivity index (χ2n) is 5.63. The van der Waals surface area contributed by atoms with Crippen LogP contribution in [-0.2, 0) is 11.2 Å². The SMILES string of the molecule is COc1ccc2c(c1)C[C@H](C(=O)Nc1cc(Cl)ccc1C)CO2. The van der Waals surface area contributed by atoms with E-state index in [1.807, 2.05) is 31.2 Å². The van der Waals surface area contributed by atoms with Crippen molar-refractivity contribution in [2.45, 2.75) is 13.3 Å². The van der Waals surface area contributed by atoms with Gasteiger partial charge in [-0.1, -0.05) is 17.7 Å². The predicted molar refractivity (Wildman–Crippen MR) is 90.5 cm³/mol. The molecule has 0 fully saturated rings. The Morgan fingerprint density at radius 1 is 1.30 bits per heavy atom. The quantitative estimate of drug-likeness (QED) is 0.929. The van der Waals surface area contributed by atoms with Gasteiger partial charge in [0.1, 0.15) is 18.1 Å². The normalized spacial score (nSPS) is 16.2. The molecule has 0 aromatic heterocycles. The van der Waals surface area contributed by atoms with Gasteiger partial charge in [-0.25, -0.2) is 0 Å². The van der Waals surface area contributed by atoms with Gasteiger partial charge >= 0.3 is 0 Å². The molecule has 5 heteroatoms. The number of nitrogens with one attached hydrogen (secondary N) is 1. The molecule has 4 nitrogen and oxygen atoms in total. The molecule has 1 aliphatic rings. The molecule has 0 spiro atoms. The number of amides is 1. The van der Waals surface area contributed by atoms with Crippen LogP contribution in [0.1, 0.15) is 11.1 Å². The highest BCUT2D eigenvalue weighted by molar-refractivity contribution is 6.31. The van der Waals surface area contributed by atoms with Gasteiger partial charge in [0.15, 0.2) is 0 Å². The number of hydrogen-bond donors (Lipinski definition) is 1. The van der Waals surface area contributed by atoms with Crippen molar-refractivity contribution < 1.29 is 14.3 Å². The van der Waals surface area contributed by atoms with Crippen LogP contribution >= 0.6 is 11.6 Å². The van der Waals surface area contributed by atoms with Gasteiger partial charge in [-0.2, -0.15) is 0 Å². The van der Waals surface area contributed by atoms with Crippen molar-refractivity contribution in [1.29, 1.82) is 0 Å². The molecule has 1 heterocycles. The molecule has 1 atom stereocenters. The van der Waals surface area contributed by atoms with Crippen molar-refractivity contribution in [2.75, 3.05) is 19.0 Å². The summed E-state index contributed by atoms with van der Waals surface area (Å²) < 4.78 is 10.9.